The number of likely N-dealkylation sites (tertiary alicyclic amines) is 1. The smallest absolute Gasteiger partial charge is 0.308 e. The number of amides is 1. The van der Waals surface area contributed by atoms with Crippen LogP contribution in [0.5, 0.6) is 5.75 Å². The van der Waals surface area contributed by atoms with Crippen LogP contribution in [-0.4, -0.2) is 40.1 Å². The number of rotatable bonds is 2. The van der Waals surface area contributed by atoms with Crippen molar-refractivity contribution in [1.29, 1.82) is 0 Å². The fourth-order valence-electron chi connectivity index (χ4n) is 2.19. The summed E-state index contributed by atoms with van der Waals surface area (Å²) >= 11 is 0. The summed E-state index contributed by atoms with van der Waals surface area (Å²) in [5.74, 6) is -1.75. The van der Waals surface area contributed by atoms with E-state index in [-0.39, 0.29) is 23.8 Å². The van der Waals surface area contributed by atoms with Crippen molar-refractivity contribution >= 4 is 11.9 Å². The number of carboxylic acid groups (broad SMARTS) is 1. The van der Waals surface area contributed by atoms with Crippen LogP contribution in [0.2, 0.25) is 0 Å². The van der Waals surface area contributed by atoms with E-state index in [0.717, 1.165) is 0 Å². The van der Waals surface area contributed by atoms with Crippen molar-refractivity contribution in [1.82, 2.24) is 4.90 Å². The third kappa shape index (κ3) is 2.45. The Labute approximate surface area is 105 Å². The summed E-state index contributed by atoms with van der Waals surface area (Å²) in [6.45, 7) is 0.749. The van der Waals surface area contributed by atoms with Gasteiger partial charge in [0, 0.05) is 13.1 Å². The molecule has 1 atom stereocenters. The SMILES string of the molecule is O=C(O)C1CCCN(C(=O)c2ccccc2O)C1. The van der Waals surface area contributed by atoms with Crippen molar-refractivity contribution in [2.24, 2.45) is 5.92 Å². The standard InChI is InChI=1S/C13H15NO4/c15-11-6-2-1-5-10(11)12(16)14-7-3-4-9(8-14)13(17)18/h1-2,5-6,9,15H,3-4,7-8H2,(H,17,18). The lowest BCUT2D eigenvalue weighted by atomic mass is 9.97. The van der Waals surface area contributed by atoms with E-state index in [9.17, 15) is 14.7 Å². The molecule has 1 aromatic carbocycles. The first-order valence-corrected chi connectivity index (χ1v) is 5.89. The highest BCUT2D eigenvalue weighted by Crippen LogP contribution is 2.22. The number of hydrogen-bond acceptors (Lipinski definition) is 3. The van der Waals surface area contributed by atoms with Gasteiger partial charge < -0.3 is 15.1 Å². The van der Waals surface area contributed by atoms with Crippen LogP contribution in [-0.2, 0) is 4.79 Å². The zero-order valence-corrected chi connectivity index (χ0v) is 9.87. The fraction of sp³-hybridized carbons (Fsp3) is 0.385. The lowest BCUT2D eigenvalue weighted by Gasteiger charge is -2.30. The molecule has 1 saturated heterocycles. The fourth-order valence-corrected chi connectivity index (χ4v) is 2.19. The number of phenols is 1. The Kier molecular flexibility index (Phi) is 3.50. The lowest BCUT2D eigenvalue weighted by molar-refractivity contribution is -0.143. The maximum Gasteiger partial charge on any atom is 0.308 e. The molecular formula is C13H15NO4. The molecule has 1 aliphatic heterocycles. The van der Waals surface area contributed by atoms with E-state index in [1.165, 1.54) is 11.0 Å². The number of carboxylic acids is 1. The molecule has 0 radical (unpaired) electrons. The molecule has 0 bridgehead atoms. The van der Waals surface area contributed by atoms with E-state index in [4.69, 9.17) is 5.11 Å². The highest BCUT2D eigenvalue weighted by Gasteiger charge is 2.29. The first-order valence-electron chi connectivity index (χ1n) is 5.89. The van der Waals surface area contributed by atoms with E-state index >= 15 is 0 Å². The molecule has 0 saturated carbocycles. The number of nitrogens with zero attached hydrogens (tertiary/aromatic N) is 1. The number of para-hydroxylation sites is 1. The minimum absolute atomic E-state index is 0.0695. The number of hydrogen-bond donors (Lipinski definition) is 2. The molecule has 0 aromatic heterocycles. The number of phenolic OH excluding ortho intramolecular Hbond substituents is 1. The molecule has 2 N–H and O–H groups in total. The average molecular weight is 249 g/mol. The Morgan fingerprint density at radius 2 is 2.00 bits per heavy atom. The maximum absolute atomic E-state index is 12.2. The quantitative estimate of drug-likeness (QED) is 0.828. The van der Waals surface area contributed by atoms with Gasteiger partial charge in [-0.1, -0.05) is 12.1 Å². The van der Waals surface area contributed by atoms with Crippen molar-refractivity contribution in [3.05, 3.63) is 29.8 Å². The molecule has 5 nitrogen and oxygen atoms in total. The van der Waals surface area contributed by atoms with E-state index in [2.05, 4.69) is 0 Å². The van der Waals surface area contributed by atoms with E-state index in [1.54, 1.807) is 18.2 Å². The van der Waals surface area contributed by atoms with Crippen molar-refractivity contribution in [3.8, 4) is 5.75 Å². The lowest BCUT2D eigenvalue weighted by Crippen LogP contribution is -2.42. The number of carbonyl (C=O) groups is 2. The van der Waals surface area contributed by atoms with Gasteiger partial charge in [0.1, 0.15) is 5.75 Å². The van der Waals surface area contributed by atoms with Crippen LogP contribution in [0, 0.1) is 5.92 Å². The molecule has 1 unspecified atom stereocenters. The Hall–Kier alpha value is -2.04. The Balaban J connectivity index is 2.14. The normalized spacial score (nSPS) is 19.6. The minimum Gasteiger partial charge on any atom is -0.507 e. The summed E-state index contributed by atoms with van der Waals surface area (Å²) in [6.07, 6.45) is 1.27. The van der Waals surface area contributed by atoms with Crippen molar-refractivity contribution in [2.75, 3.05) is 13.1 Å². The van der Waals surface area contributed by atoms with Gasteiger partial charge in [-0.2, -0.15) is 0 Å². The van der Waals surface area contributed by atoms with Crippen LogP contribution in [0.25, 0.3) is 0 Å². The zero-order valence-electron chi connectivity index (χ0n) is 9.87. The monoisotopic (exact) mass is 249 g/mol. The number of piperidine rings is 1. The topological polar surface area (TPSA) is 77.8 Å². The van der Waals surface area contributed by atoms with Crippen LogP contribution < -0.4 is 0 Å². The molecular weight excluding hydrogens is 234 g/mol. The van der Waals surface area contributed by atoms with Crippen LogP contribution in [0.3, 0.4) is 0 Å². The van der Waals surface area contributed by atoms with Crippen molar-refractivity contribution in [3.63, 3.8) is 0 Å². The number of carbonyl (C=O) groups excluding carboxylic acids is 1. The van der Waals surface area contributed by atoms with E-state index in [0.29, 0.717) is 19.4 Å². The predicted molar refractivity (Wildman–Crippen MR) is 64.4 cm³/mol. The third-order valence-corrected chi connectivity index (χ3v) is 3.19. The van der Waals surface area contributed by atoms with Gasteiger partial charge in [-0.05, 0) is 25.0 Å². The van der Waals surface area contributed by atoms with Crippen LogP contribution >= 0.6 is 0 Å². The average Bonchev–Trinajstić information content (AvgIpc) is 2.38. The van der Waals surface area contributed by atoms with Gasteiger partial charge in [-0.25, -0.2) is 0 Å². The number of aliphatic carboxylic acids is 1. The second kappa shape index (κ2) is 5.08. The third-order valence-electron chi connectivity index (χ3n) is 3.19. The first-order chi connectivity index (χ1) is 8.59. The highest BCUT2D eigenvalue weighted by atomic mass is 16.4. The maximum atomic E-state index is 12.2. The predicted octanol–water partition coefficient (Wildman–Crippen LogP) is 1.33. The Morgan fingerprint density at radius 3 is 2.67 bits per heavy atom. The number of benzene rings is 1. The number of aromatic hydroxyl groups is 1. The first kappa shape index (κ1) is 12.4. The molecule has 5 heteroatoms. The largest absolute Gasteiger partial charge is 0.507 e. The van der Waals surface area contributed by atoms with Gasteiger partial charge in [-0.3, -0.25) is 9.59 Å². The van der Waals surface area contributed by atoms with Crippen LogP contribution in [0.4, 0.5) is 0 Å². The van der Waals surface area contributed by atoms with Gasteiger partial charge in [0.05, 0.1) is 11.5 Å². The molecule has 1 heterocycles. The summed E-state index contributed by atoms with van der Waals surface area (Å²) in [4.78, 5) is 24.6. The van der Waals surface area contributed by atoms with Crippen LogP contribution in [0.15, 0.2) is 24.3 Å². The van der Waals surface area contributed by atoms with Crippen molar-refractivity contribution in [2.45, 2.75) is 12.8 Å². The van der Waals surface area contributed by atoms with E-state index in [1.807, 2.05) is 0 Å². The minimum atomic E-state index is -0.871. The van der Waals surface area contributed by atoms with Crippen LogP contribution in [0.1, 0.15) is 23.2 Å². The van der Waals surface area contributed by atoms with E-state index < -0.39 is 11.9 Å². The molecule has 0 spiro atoms. The Morgan fingerprint density at radius 1 is 1.28 bits per heavy atom. The summed E-state index contributed by atoms with van der Waals surface area (Å²) in [5, 5.41) is 18.6. The molecule has 1 fully saturated rings. The molecule has 18 heavy (non-hydrogen) atoms. The second-order valence-electron chi connectivity index (χ2n) is 4.45. The van der Waals surface area contributed by atoms with Gasteiger partial charge in [0.25, 0.3) is 5.91 Å². The summed E-state index contributed by atoms with van der Waals surface area (Å²) in [7, 11) is 0. The Bertz CT molecular complexity index is 472. The molecule has 96 valence electrons. The summed E-state index contributed by atoms with van der Waals surface area (Å²) in [6, 6.07) is 6.31. The molecule has 2 rings (SSSR count). The zero-order chi connectivity index (χ0) is 13.1. The van der Waals surface area contributed by atoms with Gasteiger partial charge in [-0.15, -0.1) is 0 Å². The molecule has 1 aromatic rings. The van der Waals surface area contributed by atoms with Gasteiger partial charge in [0.15, 0.2) is 0 Å². The molecule has 0 aliphatic carbocycles. The molecule has 1 aliphatic rings. The molecule has 1 amide bonds. The summed E-state index contributed by atoms with van der Waals surface area (Å²) < 4.78 is 0. The van der Waals surface area contributed by atoms with Crippen molar-refractivity contribution < 1.29 is 19.8 Å². The van der Waals surface area contributed by atoms with Gasteiger partial charge in [0.2, 0.25) is 0 Å². The second-order valence-corrected chi connectivity index (χ2v) is 4.45. The van der Waals surface area contributed by atoms with Gasteiger partial charge >= 0.3 is 5.97 Å². The summed E-state index contributed by atoms with van der Waals surface area (Å²) in [5.41, 5.74) is 0.225. The highest BCUT2D eigenvalue weighted by molar-refractivity contribution is 5.97.